The highest BCUT2D eigenvalue weighted by molar-refractivity contribution is 7.96. The van der Waals surface area contributed by atoms with Crippen molar-refractivity contribution in [1.29, 1.82) is 0 Å². The third-order valence-electron chi connectivity index (χ3n) is 5.29. The standard InChI is InChI=1S/C21H30N2O5S3/c1-15(2)28-16-7-9-17(10-8-16)31(26,27)21-14-30(24,25)13-18(21)22-12-19(23(3)4)20-6-5-11-29-20/h5-11,15,18-19,21-22H,12-14H2,1-4H3/t18-,19?,21-/m0/s1. The molecule has 10 heteroatoms. The molecule has 0 amide bonds. The molecule has 1 N–H and O–H groups in total. The second-order valence-electron chi connectivity index (χ2n) is 8.31. The summed E-state index contributed by atoms with van der Waals surface area (Å²) in [5, 5.41) is 4.22. The van der Waals surface area contributed by atoms with Gasteiger partial charge in [0.05, 0.1) is 33.8 Å². The highest BCUT2D eigenvalue weighted by atomic mass is 32.2. The van der Waals surface area contributed by atoms with Gasteiger partial charge in [-0.05, 0) is 63.7 Å². The van der Waals surface area contributed by atoms with Gasteiger partial charge < -0.3 is 15.0 Å². The maximum atomic E-state index is 13.3. The average Bonchev–Trinajstić information content (AvgIpc) is 3.29. The van der Waals surface area contributed by atoms with Gasteiger partial charge in [-0.3, -0.25) is 0 Å². The molecule has 0 bridgehead atoms. The lowest BCUT2D eigenvalue weighted by molar-refractivity contribution is 0.242. The van der Waals surface area contributed by atoms with Crippen LogP contribution in [0.1, 0.15) is 24.8 Å². The SMILES string of the molecule is CC(C)Oc1ccc(S(=O)(=O)[C@H]2CS(=O)(=O)C[C@@H]2NCC(c2cccs2)N(C)C)cc1. The van der Waals surface area contributed by atoms with Crippen LogP contribution < -0.4 is 10.1 Å². The van der Waals surface area contributed by atoms with E-state index in [1.807, 2.05) is 50.4 Å². The topological polar surface area (TPSA) is 92.8 Å². The van der Waals surface area contributed by atoms with E-state index in [-0.39, 0.29) is 28.5 Å². The van der Waals surface area contributed by atoms with Gasteiger partial charge in [0.15, 0.2) is 19.7 Å². The van der Waals surface area contributed by atoms with Gasteiger partial charge in [0.1, 0.15) is 5.75 Å². The molecule has 3 atom stereocenters. The van der Waals surface area contributed by atoms with Gasteiger partial charge in [-0.1, -0.05) is 6.07 Å². The molecule has 0 spiro atoms. The molecule has 1 aromatic carbocycles. The van der Waals surface area contributed by atoms with Crippen LogP contribution in [0.15, 0.2) is 46.7 Å². The Morgan fingerprint density at radius 3 is 2.39 bits per heavy atom. The number of hydrogen-bond donors (Lipinski definition) is 1. The van der Waals surface area contributed by atoms with Crippen molar-refractivity contribution in [2.24, 2.45) is 0 Å². The summed E-state index contributed by atoms with van der Waals surface area (Å²) in [6, 6.07) is 9.55. The van der Waals surface area contributed by atoms with Crippen LogP contribution in [0.5, 0.6) is 5.75 Å². The normalized spacial score (nSPS) is 22.1. The highest BCUT2D eigenvalue weighted by Gasteiger charge is 2.45. The predicted molar refractivity (Wildman–Crippen MR) is 124 cm³/mol. The Hall–Kier alpha value is -1.46. The maximum Gasteiger partial charge on any atom is 0.183 e. The number of likely N-dealkylation sites (N-methyl/N-ethyl adjacent to an activating group) is 1. The van der Waals surface area contributed by atoms with Crippen LogP contribution in [-0.2, 0) is 19.7 Å². The van der Waals surface area contributed by atoms with Crippen molar-refractivity contribution in [1.82, 2.24) is 10.2 Å². The van der Waals surface area contributed by atoms with Crippen LogP contribution >= 0.6 is 11.3 Å². The van der Waals surface area contributed by atoms with Crippen LogP contribution in [0, 0.1) is 0 Å². The smallest absolute Gasteiger partial charge is 0.183 e. The first-order valence-corrected chi connectivity index (χ1v) is 14.4. The molecule has 7 nitrogen and oxygen atoms in total. The van der Waals surface area contributed by atoms with E-state index in [9.17, 15) is 16.8 Å². The molecule has 3 rings (SSSR count). The van der Waals surface area contributed by atoms with Gasteiger partial charge in [-0.15, -0.1) is 11.3 Å². The third-order valence-corrected chi connectivity index (χ3v) is 10.4. The number of ether oxygens (including phenoxy) is 1. The fourth-order valence-electron chi connectivity index (χ4n) is 3.75. The molecule has 0 radical (unpaired) electrons. The molecule has 2 heterocycles. The van der Waals surface area contributed by atoms with Crippen LogP contribution in [-0.4, -0.2) is 71.3 Å². The van der Waals surface area contributed by atoms with Gasteiger partial charge in [0.25, 0.3) is 0 Å². The number of nitrogens with zero attached hydrogens (tertiary/aromatic N) is 1. The first-order valence-electron chi connectivity index (χ1n) is 10.1. The Labute approximate surface area is 189 Å². The Bertz CT molecular complexity index is 1060. The molecule has 1 aliphatic rings. The summed E-state index contributed by atoms with van der Waals surface area (Å²) in [6.45, 7) is 4.24. The van der Waals surface area contributed by atoms with Crippen molar-refractivity contribution >= 4 is 31.0 Å². The second kappa shape index (κ2) is 9.58. The number of nitrogens with one attached hydrogen (secondary N) is 1. The van der Waals surface area contributed by atoms with Gasteiger partial charge >= 0.3 is 0 Å². The second-order valence-corrected chi connectivity index (χ2v) is 13.6. The van der Waals surface area contributed by atoms with E-state index >= 15 is 0 Å². The molecule has 1 unspecified atom stereocenters. The van der Waals surface area contributed by atoms with Gasteiger partial charge in [0, 0.05) is 17.5 Å². The third kappa shape index (κ3) is 5.87. The molecule has 0 saturated carbocycles. The molecule has 172 valence electrons. The van der Waals surface area contributed by atoms with Crippen molar-refractivity contribution in [3.63, 3.8) is 0 Å². The first kappa shape index (κ1) is 24.2. The average molecular weight is 487 g/mol. The van der Waals surface area contributed by atoms with Crippen LogP contribution in [0.4, 0.5) is 0 Å². The number of hydrogen-bond acceptors (Lipinski definition) is 8. The lowest BCUT2D eigenvalue weighted by Crippen LogP contribution is -2.46. The van der Waals surface area contributed by atoms with Crippen molar-refractivity contribution in [2.75, 3.05) is 32.1 Å². The minimum Gasteiger partial charge on any atom is -0.491 e. The van der Waals surface area contributed by atoms with E-state index in [1.165, 1.54) is 12.1 Å². The predicted octanol–water partition coefficient (Wildman–Crippen LogP) is 2.37. The number of benzene rings is 1. The molecule has 1 aromatic heterocycles. The molecular formula is C21H30N2O5S3. The zero-order valence-electron chi connectivity index (χ0n) is 18.2. The largest absolute Gasteiger partial charge is 0.491 e. The van der Waals surface area contributed by atoms with E-state index < -0.39 is 31.0 Å². The highest BCUT2D eigenvalue weighted by Crippen LogP contribution is 2.29. The van der Waals surface area contributed by atoms with Crippen molar-refractivity contribution in [3.05, 3.63) is 46.7 Å². The number of rotatable bonds is 9. The van der Waals surface area contributed by atoms with Gasteiger partial charge in [0.2, 0.25) is 0 Å². The minimum atomic E-state index is -3.83. The number of thiophene rings is 1. The summed E-state index contributed by atoms with van der Waals surface area (Å²) in [6.07, 6.45) is -0.0241. The lowest BCUT2D eigenvalue weighted by atomic mass is 10.2. The summed E-state index contributed by atoms with van der Waals surface area (Å²) in [4.78, 5) is 3.29. The van der Waals surface area contributed by atoms with E-state index in [1.54, 1.807) is 23.5 Å². The van der Waals surface area contributed by atoms with Crippen molar-refractivity contribution in [3.8, 4) is 5.75 Å². The molecule has 1 saturated heterocycles. The summed E-state index contributed by atoms with van der Waals surface area (Å²) in [7, 11) is -3.39. The van der Waals surface area contributed by atoms with Gasteiger partial charge in [-0.25, -0.2) is 16.8 Å². The minimum absolute atomic E-state index is 0.0241. The van der Waals surface area contributed by atoms with Crippen LogP contribution in [0.25, 0.3) is 0 Å². The fourth-order valence-corrected chi connectivity index (χ4v) is 9.39. The van der Waals surface area contributed by atoms with Gasteiger partial charge in [-0.2, -0.15) is 0 Å². The Morgan fingerprint density at radius 1 is 1.16 bits per heavy atom. The van der Waals surface area contributed by atoms with E-state index in [0.29, 0.717) is 12.3 Å². The molecule has 2 aromatic rings. The summed E-state index contributed by atoms with van der Waals surface area (Å²) >= 11 is 1.62. The van der Waals surface area contributed by atoms with Crippen molar-refractivity contribution in [2.45, 2.75) is 42.2 Å². The molecule has 31 heavy (non-hydrogen) atoms. The van der Waals surface area contributed by atoms with Crippen LogP contribution in [0.2, 0.25) is 0 Å². The zero-order chi connectivity index (χ0) is 22.8. The first-order chi connectivity index (χ1) is 14.5. The Morgan fingerprint density at radius 2 is 1.84 bits per heavy atom. The van der Waals surface area contributed by atoms with E-state index in [2.05, 4.69) is 5.32 Å². The quantitative estimate of drug-likeness (QED) is 0.582. The number of sulfone groups is 2. The van der Waals surface area contributed by atoms with Crippen LogP contribution in [0.3, 0.4) is 0 Å². The Kier molecular flexibility index (Phi) is 7.47. The van der Waals surface area contributed by atoms with Crippen molar-refractivity contribution < 1.29 is 21.6 Å². The van der Waals surface area contributed by atoms with E-state index in [0.717, 1.165) is 4.88 Å². The summed E-state index contributed by atoms with van der Waals surface area (Å²) in [5.41, 5.74) is 0. The zero-order valence-corrected chi connectivity index (χ0v) is 20.6. The summed E-state index contributed by atoms with van der Waals surface area (Å²) in [5.74, 6) is 0.0197. The monoisotopic (exact) mass is 486 g/mol. The molecule has 1 fully saturated rings. The lowest BCUT2D eigenvalue weighted by Gasteiger charge is -2.27. The molecule has 0 aliphatic carbocycles. The fraction of sp³-hybridized carbons (Fsp3) is 0.524. The summed E-state index contributed by atoms with van der Waals surface area (Å²) < 4.78 is 57.0. The maximum absolute atomic E-state index is 13.3. The molecular weight excluding hydrogens is 456 g/mol. The Balaban J connectivity index is 1.80. The molecule has 1 aliphatic heterocycles. The van der Waals surface area contributed by atoms with E-state index in [4.69, 9.17) is 4.74 Å².